The molecule has 1 atom stereocenters. The molecular formula is C19H23BrN4O. The second-order valence-corrected chi connectivity index (χ2v) is 7.22. The van der Waals surface area contributed by atoms with Crippen LogP contribution in [0.3, 0.4) is 0 Å². The number of aromatic nitrogens is 1. The molecule has 0 aliphatic carbocycles. The van der Waals surface area contributed by atoms with Crippen molar-refractivity contribution >= 4 is 27.5 Å². The highest BCUT2D eigenvalue weighted by atomic mass is 79.9. The van der Waals surface area contributed by atoms with Crippen LogP contribution in [0.25, 0.3) is 0 Å². The molecule has 1 aromatic heterocycles. The standard InChI is InChI=1S/C19H23BrN4O/c1-15(19(25)22-17-7-4-5-16(20)13-17)24-11-9-23(10-12-24)14-18-6-2-3-8-21-18/h2-8,13,15H,9-12,14H2,1H3,(H,22,25). The van der Waals surface area contributed by atoms with Gasteiger partial charge in [-0.3, -0.25) is 19.6 Å². The molecule has 0 bridgehead atoms. The molecule has 1 aliphatic heterocycles. The van der Waals surface area contributed by atoms with Gasteiger partial charge >= 0.3 is 0 Å². The van der Waals surface area contributed by atoms with Crippen molar-refractivity contribution in [1.29, 1.82) is 0 Å². The van der Waals surface area contributed by atoms with Crippen molar-refractivity contribution in [3.05, 3.63) is 58.8 Å². The summed E-state index contributed by atoms with van der Waals surface area (Å²) in [6.45, 7) is 6.52. The number of hydrogen-bond donors (Lipinski definition) is 1. The first-order valence-electron chi connectivity index (χ1n) is 8.54. The molecule has 1 amide bonds. The molecule has 0 radical (unpaired) electrons. The summed E-state index contributed by atoms with van der Waals surface area (Å²) >= 11 is 3.43. The van der Waals surface area contributed by atoms with Gasteiger partial charge < -0.3 is 5.32 Å². The van der Waals surface area contributed by atoms with Crippen molar-refractivity contribution in [2.75, 3.05) is 31.5 Å². The molecule has 1 fully saturated rings. The number of piperazine rings is 1. The Bertz CT molecular complexity index is 702. The average molecular weight is 403 g/mol. The van der Waals surface area contributed by atoms with Gasteiger partial charge in [0.25, 0.3) is 0 Å². The topological polar surface area (TPSA) is 48.5 Å². The van der Waals surface area contributed by atoms with E-state index in [1.807, 2.05) is 49.5 Å². The minimum atomic E-state index is -0.143. The van der Waals surface area contributed by atoms with Crippen LogP contribution in [-0.4, -0.2) is 52.9 Å². The van der Waals surface area contributed by atoms with Crippen LogP contribution >= 0.6 is 15.9 Å². The van der Waals surface area contributed by atoms with Crippen LogP contribution in [0.15, 0.2) is 53.1 Å². The smallest absolute Gasteiger partial charge is 0.241 e. The Labute approximate surface area is 157 Å². The largest absolute Gasteiger partial charge is 0.325 e. The lowest BCUT2D eigenvalue weighted by Crippen LogP contribution is -2.52. The zero-order valence-corrected chi connectivity index (χ0v) is 15.9. The summed E-state index contributed by atoms with van der Waals surface area (Å²) in [7, 11) is 0. The Morgan fingerprint density at radius 3 is 2.68 bits per heavy atom. The molecule has 6 heteroatoms. The van der Waals surface area contributed by atoms with Gasteiger partial charge in [-0.05, 0) is 37.3 Å². The predicted octanol–water partition coefficient (Wildman–Crippen LogP) is 2.99. The summed E-state index contributed by atoms with van der Waals surface area (Å²) in [5.74, 6) is 0.0382. The van der Waals surface area contributed by atoms with Crippen molar-refractivity contribution in [3.63, 3.8) is 0 Å². The van der Waals surface area contributed by atoms with E-state index in [4.69, 9.17) is 0 Å². The van der Waals surface area contributed by atoms with Gasteiger partial charge in [0, 0.05) is 49.1 Å². The van der Waals surface area contributed by atoms with E-state index in [1.54, 1.807) is 0 Å². The van der Waals surface area contributed by atoms with Crippen molar-refractivity contribution in [2.45, 2.75) is 19.5 Å². The number of nitrogens with zero attached hydrogens (tertiary/aromatic N) is 3. The van der Waals surface area contributed by atoms with Crippen LogP contribution in [0.1, 0.15) is 12.6 Å². The fraction of sp³-hybridized carbons (Fsp3) is 0.368. The number of pyridine rings is 1. The normalized spacial score (nSPS) is 17.2. The molecule has 2 heterocycles. The van der Waals surface area contributed by atoms with Crippen LogP contribution in [0.5, 0.6) is 0 Å². The van der Waals surface area contributed by atoms with Gasteiger partial charge in [-0.1, -0.05) is 28.1 Å². The van der Waals surface area contributed by atoms with E-state index in [-0.39, 0.29) is 11.9 Å². The third kappa shape index (κ3) is 5.11. The van der Waals surface area contributed by atoms with Gasteiger partial charge in [0.05, 0.1) is 11.7 Å². The summed E-state index contributed by atoms with van der Waals surface area (Å²) < 4.78 is 0.959. The van der Waals surface area contributed by atoms with Gasteiger partial charge in [-0.15, -0.1) is 0 Å². The minimum absolute atomic E-state index is 0.0382. The van der Waals surface area contributed by atoms with Gasteiger partial charge in [0.15, 0.2) is 0 Å². The average Bonchev–Trinajstić information content (AvgIpc) is 2.62. The number of carbonyl (C=O) groups is 1. The van der Waals surface area contributed by atoms with Crippen molar-refractivity contribution < 1.29 is 4.79 Å². The third-order valence-electron chi connectivity index (χ3n) is 4.54. The van der Waals surface area contributed by atoms with E-state index < -0.39 is 0 Å². The van der Waals surface area contributed by atoms with Crippen molar-refractivity contribution in [1.82, 2.24) is 14.8 Å². The highest BCUT2D eigenvalue weighted by Crippen LogP contribution is 2.17. The Morgan fingerprint density at radius 1 is 1.20 bits per heavy atom. The van der Waals surface area contributed by atoms with E-state index in [0.717, 1.165) is 48.6 Å². The highest BCUT2D eigenvalue weighted by molar-refractivity contribution is 9.10. The van der Waals surface area contributed by atoms with Crippen LogP contribution in [0, 0.1) is 0 Å². The lowest BCUT2D eigenvalue weighted by molar-refractivity contribution is -0.121. The fourth-order valence-electron chi connectivity index (χ4n) is 3.01. The number of benzene rings is 1. The zero-order valence-electron chi connectivity index (χ0n) is 14.4. The summed E-state index contributed by atoms with van der Waals surface area (Å²) in [4.78, 5) is 21.5. The Kier molecular flexibility index (Phi) is 6.18. The monoisotopic (exact) mass is 402 g/mol. The maximum absolute atomic E-state index is 12.5. The maximum atomic E-state index is 12.5. The van der Waals surface area contributed by atoms with Crippen LogP contribution in [0.4, 0.5) is 5.69 Å². The molecule has 0 spiro atoms. The van der Waals surface area contributed by atoms with E-state index in [9.17, 15) is 4.79 Å². The number of anilines is 1. The molecule has 132 valence electrons. The van der Waals surface area contributed by atoms with Crippen LogP contribution < -0.4 is 5.32 Å². The lowest BCUT2D eigenvalue weighted by Gasteiger charge is -2.37. The number of halogens is 1. The number of nitrogens with one attached hydrogen (secondary N) is 1. The molecule has 25 heavy (non-hydrogen) atoms. The molecule has 1 aliphatic rings. The molecule has 2 aromatic rings. The second-order valence-electron chi connectivity index (χ2n) is 6.31. The second kappa shape index (κ2) is 8.56. The van der Waals surface area contributed by atoms with E-state index in [1.165, 1.54) is 0 Å². The molecule has 1 aromatic carbocycles. The van der Waals surface area contributed by atoms with Gasteiger partial charge in [-0.25, -0.2) is 0 Å². The highest BCUT2D eigenvalue weighted by Gasteiger charge is 2.25. The number of hydrogen-bond acceptors (Lipinski definition) is 4. The molecular weight excluding hydrogens is 380 g/mol. The Hall–Kier alpha value is -1.76. The van der Waals surface area contributed by atoms with E-state index in [0.29, 0.717) is 0 Å². The molecule has 3 rings (SSSR count). The quantitative estimate of drug-likeness (QED) is 0.834. The maximum Gasteiger partial charge on any atom is 0.241 e. The van der Waals surface area contributed by atoms with Crippen LogP contribution in [0.2, 0.25) is 0 Å². The number of carbonyl (C=O) groups excluding carboxylic acids is 1. The van der Waals surface area contributed by atoms with Crippen LogP contribution in [-0.2, 0) is 11.3 Å². The van der Waals surface area contributed by atoms with Crippen molar-refractivity contribution in [3.8, 4) is 0 Å². The van der Waals surface area contributed by atoms with E-state index in [2.05, 4.69) is 42.1 Å². The molecule has 5 nitrogen and oxygen atoms in total. The number of rotatable bonds is 5. The first kappa shape index (κ1) is 18.0. The van der Waals surface area contributed by atoms with Gasteiger partial charge in [0.2, 0.25) is 5.91 Å². The number of amides is 1. The summed E-state index contributed by atoms with van der Waals surface area (Å²) in [5.41, 5.74) is 1.91. The Morgan fingerprint density at radius 2 is 2.00 bits per heavy atom. The summed E-state index contributed by atoms with van der Waals surface area (Å²) in [6.07, 6.45) is 1.83. The third-order valence-corrected chi connectivity index (χ3v) is 5.03. The SMILES string of the molecule is CC(C(=O)Nc1cccc(Br)c1)N1CCN(Cc2ccccn2)CC1. The first-order chi connectivity index (χ1) is 12.1. The lowest BCUT2D eigenvalue weighted by atomic mass is 10.2. The minimum Gasteiger partial charge on any atom is -0.325 e. The predicted molar refractivity (Wildman–Crippen MR) is 103 cm³/mol. The Balaban J connectivity index is 1.49. The molecule has 1 saturated heterocycles. The van der Waals surface area contributed by atoms with E-state index >= 15 is 0 Å². The fourth-order valence-corrected chi connectivity index (χ4v) is 3.41. The molecule has 1 N–H and O–H groups in total. The van der Waals surface area contributed by atoms with Crippen molar-refractivity contribution in [2.24, 2.45) is 0 Å². The first-order valence-corrected chi connectivity index (χ1v) is 9.34. The van der Waals surface area contributed by atoms with Gasteiger partial charge in [-0.2, -0.15) is 0 Å². The van der Waals surface area contributed by atoms with Gasteiger partial charge in [0.1, 0.15) is 0 Å². The molecule has 0 saturated carbocycles. The summed E-state index contributed by atoms with van der Waals surface area (Å²) in [5, 5.41) is 3.00. The summed E-state index contributed by atoms with van der Waals surface area (Å²) in [6, 6.07) is 13.5. The molecule has 1 unspecified atom stereocenters. The zero-order chi connectivity index (χ0) is 17.6.